The predicted octanol–water partition coefficient (Wildman–Crippen LogP) is 2.24. The lowest BCUT2D eigenvalue weighted by Gasteiger charge is -2.18. The monoisotopic (exact) mass is 268 g/mol. The summed E-state index contributed by atoms with van der Waals surface area (Å²) in [6.45, 7) is 1.43. The van der Waals surface area contributed by atoms with E-state index in [1.54, 1.807) is 37.2 Å². The first-order chi connectivity index (χ1) is 8.58. The minimum Gasteiger partial charge on any atom is -0.379 e. The van der Waals surface area contributed by atoms with Crippen LogP contribution in [0.5, 0.6) is 0 Å². The Morgan fingerprint density at radius 2 is 2.28 bits per heavy atom. The maximum atomic E-state index is 12.1. The van der Waals surface area contributed by atoms with E-state index in [-0.39, 0.29) is 11.9 Å². The van der Waals surface area contributed by atoms with E-state index >= 15 is 0 Å². The van der Waals surface area contributed by atoms with Gasteiger partial charge >= 0.3 is 0 Å². The molecular formula is C13H17ClN2O2. The number of nitrogens with zero attached hydrogens (tertiary/aromatic N) is 1. The molecule has 1 fully saturated rings. The van der Waals surface area contributed by atoms with Crippen molar-refractivity contribution >= 4 is 23.2 Å². The second-order valence-electron chi connectivity index (χ2n) is 4.59. The van der Waals surface area contributed by atoms with Gasteiger partial charge in [-0.1, -0.05) is 11.6 Å². The van der Waals surface area contributed by atoms with Gasteiger partial charge in [-0.15, -0.1) is 0 Å². The van der Waals surface area contributed by atoms with Crippen molar-refractivity contribution in [2.75, 3.05) is 32.6 Å². The summed E-state index contributed by atoms with van der Waals surface area (Å²) in [4.78, 5) is 13.6. The smallest absolute Gasteiger partial charge is 0.255 e. The molecule has 0 radical (unpaired) electrons. The van der Waals surface area contributed by atoms with E-state index in [1.807, 2.05) is 0 Å². The third kappa shape index (κ3) is 2.94. The molecule has 1 aromatic carbocycles. The number of carbonyl (C=O) groups is 1. The van der Waals surface area contributed by atoms with E-state index in [9.17, 15) is 4.79 Å². The number of benzene rings is 1. The molecule has 4 nitrogen and oxygen atoms in total. The highest BCUT2D eigenvalue weighted by Crippen LogP contribution is 2.24. The van der Waals surface area contributed by atoms with Crippen molar-refractivity contribution in [1.29, 1.82) is 0 Å². The molecular weight excluding hydrogens is 252 g/mol. The Balaban J connectivity index is 2.25. The van der Waals surface area contributed by atoms with Crippen molar-refractivity contribution in [2.24, 2.45) is 0 Å². The van der Waals surface area contributed by atoms with Crippen LogP contribution in [0, 0.1) is 0 Å². The summed E-state index contributed by atoms with van der Waals surface area (Å²) in [6, 6.07) is 5.52. The number of hydrogen-bond acceptors (Lipinski definition) is 3. The van der Waals surface area contributed by atoms with Crippen LogP contribution in [0.2, 0.25) is 5.02 Å². The number of hydrogen-bond donors (Lipinski definition) is 1. The van der Waals surface area contributed by atoms with Crippen LogP contribution in [0.4, 0.5) is 5.69 Å². The Labute approximate surface area is 112 Å². The van der Waals surface area contributed by atoms with Gasteiger partial charge in [-0.25, -0.2) is 0 Å². The van der Waals surface area contributed by atoms with Crippen LogP contribution < -0.4 is 5.32 Å². The number of ether oxygens (including phenoxy) is 1. The Bertz CT molecular complexity index is 443. The quantitative estimate of drug-likeness (QED) is 0.914. The second-order valence-corrected chi connectivity index (χ2v) is 5.03. The number of amides is 1. The third-order valence-electron chi connectivity index (χ3n) is 2.91. The zero-order valence-electron chi connectivity index (χ0n) is 10.6. The molecule has 5 heteroatoms. The van der Waals surface area contributed by atoms with Gasteiger partial charge in [0.1, 0.15) is 0 Å². The van der Waals surface area contributed by atoms with Gasteiger partial charge in [-0.2, -0.15) is 0 Å². The predicted molar refractivity (Wildman–Crippen MR) is 72.3 cm³/mol. The van der Waals surface area contributed by atoms with Gasteiger partial charge in [0.2, 0.25) is 0 Å². The number of rotatable bonds is 3. The standard InChI is InChI=1S/C13H17ClN2O2/c1-16(2)13(17)11-4-3-9(14)7-12(11)15-10-5-6-18-8-10/h3-4,7,10,15H,5-6,8H2,1-2H3. The largest absolute Gasteiger partial charge is 0.379 e. The van der Waals surface area contributed by atoms with Crippen molar-refractivity contribution in [3.63, 3.8) is 0 Å². The molecule has 1 atom stereocenters. The van der Waals surface area contributed by atoms with Gasteiger partial charge in [0.25, 0.3) is 5.91 Å². The van der Waals surface area contributed by atoms with Crippen LogP contribution in [0.1, 0.15) is 16.8 Å². The molecule has 1 aliphatic heterocycles. The average molecular weight is 269 g/mol. The van der Waals surface area contributed by atoms with Gasteiger partial charge in [0, 0.05) is 31.4 Å². The van der Waals surface area contributed by atoms with Gasteiger partial charge in [0.05, 0.1) is 18.2 Å². The van der Waals surface area contributed by atoms with Gasteiger partial charge < -0.3 is 15.0 Å². The first-order valence-corrected chi connectivity index (χ1v) is 6.31. The Hall–Kier alpha value is -1.26. The lowest BCUT2D eigenvalue weighted by molar-refractivity contribution is 0.0828. The summed E-state index contributed by atoms with van der Waals surface area (Å²) in [5, 5.41) is 3.95. The summed E-state index contributed by atoms with van der Waals surface area (Å²) in [5.74, 6) is -0.0342. The van der Waals surface area contributed by atoms with Crippen molar-refractivity contribution in [3.8, 4) is 0 Å². The summed E-state index contributed by atoms with van der Waals surface area (Å²) in [7, 11) is 3.47. The zero-order chi connectivity index (χ0) is 13.1. The Morgan fingerprint density at radius 1 is 1.50 bits per heavy atom. The molecule has 0 spiro atoms. The molecule has 1 amide bonds. The first kappa shape index (κ1) is 13.2. The molecule has 1 heterocycles. The van der Waals surface area contributed by atoms with Crippen molar-refractivity contribution in [2.45, 2.75) is 12.5 Å². The van der Waals surface area contributed by atoms with Crippen LogP contribution in [-0.2, 0) is 4.74 Å². The summed E-state index contributed by atoms with van der Waals surface area (Å²) in [6.07, 6.45) is 0.947. The fraction of sp³-hybridized carbons (Fsp3) is 0.462. The van der Waals surface area contributed by atoms with E-state index in [0.717, 1.165) is 18.7 Å². The third-order valence-corrected chi connectivity index (χ3v) is 3.14. The molecule has 0 aromatic heterocycles. The van der Waals surface area contributed by atoms with E-state index in [2.05, 4.69) is 5.32 Å². The van der Waals surface area contributed by atoms with Crippen LogP contribution in [0.3, 0.4) is 0 Å². The van der Waals surface area contributed by atoms with E-state index in [4.69, 9.17) is 16.3 Å². The topological polar surface area (TPSA) is 41.6 Å². The highest BCUT2D eigenvalue weighted by Gasteiger charge is 2.19. The SMILES string of the molecule is CN(C)C(=O)c1ccc(Cl)cc1NC1CCOC1. The molecule has 0 aliphatic carbocycles. The lowest BCUT2D eigenvalue weighted by atomic mass is 10.1. The molecule has 98 valence electrons. The summed E-state index contributed by atoms with van der Waals surface area (Å²) >= 11 is 5.99. The fourth-order valence-electron chi connectivity index (χ4n) is 1.93. The summed E-state index contributed by atoms with van der Waals surface area (Å²) < 4.78 is 5.32. The number of carbonyl (C=O) groups excluding carboxylic acids is 1. The molecule has 1 saturated heterocycles. The molecule has 1 aromatic rings. The van der Waals surface area contributed by atoms with Crippen molar-refractivity contribution < 1.29 is 9.53 Å². The molecule has 1 N–H and O–H groups in total. The Kier molecular flexibility index (Phi) is 4.09. The number of anilines is 1. The average Bonchev–Trinajstić information content (AvgIpc) is 2.81. The molecule has 0 bridgehead atoms. The number of halogens is 1. The normalized spacial score (nSPS) is 18.7. The van der Waals surface area contributed by atoms with Crippen LogP contribution in [-0.4, -0.2) is 44.2 Å². The molecule has 1 unspecified atom stereocenters. The second kappa shape index (κ2) is 5.59. The molecule has 18 heavy (non-hydrogen) atoms. The highest BCUT2D eigenvalue weighted by molar-refractivity contribution is 6.31. The van der Waals surface area contributed by atoms with Crippen molar-refractivity contribution in [3.05, 3.63) is 28.8 Å². The van der Waals surface area contributed by atoms with Crippen LogP contribution >= 0.6 is 11.6 Å². The molecule has 1 aliphatic rings. The van der Waals surface area contributed by atoms with E-state index < -0.39 is 0 Å². The first-order valence-electron chi connectivity index (χ1n) is 5.93. The van der Waals surface area contributed by atoms with Crippen LogP contribution in [0.25, 0.3) is 0 Å². The van der Waals surface area contributed by atoms with E-state index in [0.29, 0.717) is 17.2 Å². The lowest BCUT2D eigenvalue weighted by Crippen LogP contribution is -2.25. The van der Waals surface area contributed by atoms with Gasteiger partial charge in [-0.05, 0) is 24.6 Å². The Morgan fingerprint density at radius 3 is 2.89 bits per heavy atom. The zero-order valence-corrected chi connectivity index (χ0v) is 11.3. The van der Waals surface area contributed by atoms with Gasteiger partial charge in [-0.3, -0.25) is 4.79 Å². The number of nitrogens with one attached hydrogen (secondary N) is 1. The minimum absolute atomic E-state index is 0.0342. The molecule has 0 saturated carbocycles. The molecule has 2 rings (SSSR count). The highest BCUT2D eigenvalue weighted by atomic mass is 35.5. The van der Waals surface area contributed by atoms with Gasteiger partial charge in [0.15, 0.2) is 0 Å². The fourth-order valence-corrected chi connectivity index (χ4v) is 2.10. The van der Waals surface area contributed by atoms with Crippen LogP contribution in [0.15, 0.2) is 18.2 Å². The maximum absolute atomic E-state index is 12.1. The summed E-state index contributed by atoms with van der Waals surface area (Å²) in [5.41, 5.74) is 1.41. The van der Waals surface area contributed by atoms with E-state index in [1.165, 1.54) is 0 Å². The minimum atomic E-state index is -0.0342. The van der Waals surface area contributed by atoms with Crippen molar-refractivity contribution in [1.82, 2.24) is 4.90 Å². The maximum Gasteiger partial charge on any atom is 0.255 e.